The predicted molar refractivity (Wildman–Crippen MR) is 110 cm³/mol. The fourth-order valence-corrected chi connectivity index (χ4v) is 4.19. The highest BCUT2D eigenvalue weighted by molar-refractivity contribution is 7.92. The van der Waals surface area contributed by atoms with Gasteiger partial charge in [-0.15, -0.1) is 0 Å². The first-order chi connectivity index (χ1) is 12.6. The fraction of sp³-hybridized carbons (Fsp3) is 0.350. The summed E-state index contributed by atoms with van der Waals surface area (Å²) in [6, 6.07) is 13.1. The third-order valence-corrected chi connectivity index (χ3v) is 6.67. The summed E-state index contributed by atoms with van der Waals surface area (Å²) in [6.45, 7) is 7.15. The third-order valence-electron chi connectivity index (χ3n) is 4.49. The van der Waals surface area contributed by atoms with Gasteiger partial charge in [-0.05, 0) is 57.0 Å². The van der Waals surface area contributed by atoms with E-state index in [0.29, 0.717) is 16.3 Å². The Hall–Kier alpha value is -2.05. The molecule has 0 aliphatic heterocycles. The van der Waals surface area contributed by atoms with Gasteiger partial charge in [-0.3, -0.25) is 9.10 Å². The molecule has 0 aliphatic carbocycles. The Balaban J connectivity index is 2.50. The van der Waals surface area contributed by atoms with Crippen molar-refractivity contribution in [2.75, 3.05) is 10.8 Å². The van der Waals surface area contributed by atoms with E-state index in [1.54, 1.807) is 43.3 Å². The Morgan fingerprint density at radius 1 is 1.11 bits per heavy atom. The zero-order valence-corrected chi connectivity index (χ0v) is 17.6. The van der Waals surface area contributed by atoms with E-state index in [-0.39, 0.29) is 17.3 Å². The molecule has 0 spiro atoms. The van der Waals surface area contributed by atoms with E-state index in [9.17, 15) is 13.2 Å². The zero-order chi connectivity index (χ0) is 20.2. The molecule has 2 aromatic carbocycles. The highest BCUT2D eigenvalue weighted by Gasteiger charge is 2.30. The second kappa shape index (κ2) is 8.31. The Kier molecular flexibility index (Phi) is 6.54. The quantitative estimate of drug-likeness (QED) is 0.748. The number of carbonyl (C=O) groups excluding carboxylic acids is 1. The molecular weight excluding hydrogens is 384 g/mol. The maximum atomic E-state index is 13.3. The maximum absolute atomic E-state index is 13.3. The summed E-state index contributed by atoms with van der Waals surface area (Å²) in [5, 5.41) is 3.33. The molecule has 5 nitrogen and oxygen atoms in total. The molecule has 146 valence electrons. The van der Waals surface area contributed by atoms with Gasteiger partial charge in [-0.2, -0.15) is 0 Å². The second-order valence-electron chi connectivity index (χ2n) is 6.99. The lowest BCUT2D eigenvalue weighted by Crippen LogP contribution is -2.48. The Bertz CT molecular complexity index is 912. The van der Waals surface area contributed by atoms with E-state index in [4.69, 9.17) is 11.6 Å². The number of hydrogen-bond donors (Lipinski definition) is 1. The van der Waals surface area contributed by atoms with Crippen LogP contribution in [0.3, 0.4) is 0 Å². The minimum Gasteiger partial charge on any atom is -0.350 e. The fourth-order valence-electron chi connectivity index (χ4n) is 2.52. The molecule has 2 aromatic rings. The number of nitrogens with zero attached hydrogens (tertiary/aromatic N) is 1. The molecule has 0 unspecified atom stereocenters. The Labute approximate surface area is 166 Å². The second-order valence-corrected chi connectivity index (χ2v) is 9.26. The molecule has 0 saturated carbocycles. The van der Waals surface area contributed by atoms with Gasteiger partial charge in [0.25, 0.3) is 10.0 Å². The van der Waals surface area contributed by atoms with Gasteiger partial charge < -0.3 is 5.32 Å². The summed E-state index contributed by atoms with van der Waals surface area (Å²) in [4.78, 5) is 12.7. The van der Waals surface area contributed by atoms with Crippen molar-refractivity contribution >= 4 is 33.2 Å². The molecule has 0 heterocycles. The molecule has 27 heavy (non-hydrogen) atoms. The van der Waals surface area contributed by atoms with Crippen LogP contribution in [-0.2, 0) is 14.8 Å². The number of amides is 1. The number of halogens is 1. The van der Waals surface area contributed by atoms with Crippen molar-refractivity contribution in [3.63, 3.8) is 0 Å². The first-order valence-corrected chi connectivity index (χ1v) is 10.5. The van der Waals surface area contributed by atoms with Gasteiger partial charge in [-0.1, -0.05) is 42.8 Å². The Morgan fingerprint density at radius 2 is 1.74 bits per heavy atom. The lowest BCUT2D eigenvalue weighted by molar-refractivity contribution is -0.121. The molecule has 0 fully saturated rings. The summed E-state index contributed by atoms with van der Waals surface area (Å²) in [7, 11) is -3.94. The van der Waals surface area contributed by atoms with Crippen LogP contribution >= 0.6 is 11.6 Å². The van der Waals surface area contributed by atoms with Crippen LogP contribution in [0.2, 0.25) is 5.02 Å². The number of hydrogen-bond acceptors (Lipinski definition) is 3. The zero-order valence-electron chi connectivity index (χ0n) is 16.0. The monoisotopic (exact) mass is 408 g/mol. The molecule has 0 saturated heterocycles. The number of sulfonamides is 1. The van der Waals surface area contributed by atoms with Crippen molar-refractivity contribution in [3.8, 4) is 0 Å². The number of rotatable bonds is 7. The summed E-state index contributed by atoms with van der Waals surface area (Å²) >= 11 is 6.20. The van der Waals surface area contributed by atoms with Gasteiger partial charge in [0.1, 0.15) is 6.54 Å². The number of anilines is 1. The highest BCUT2D eigenvalue weighted by Crippen LogP contribution is 2.30. The lowest BCUT2D eigenvalue weighted by atomic mass is 10.0. The van der Waals surface area contributed by atoms with Gasteiger partial charge in [0.05, 0.1) is 10.6 Å². The van der Waals surface area contributed by atoms with Gasteiger partial charge in [0, 0.05) is 10.6 Å². The van der Waals surface area contributed by atoms with Crippen molar-refractivity contribution < 1.29 is 13.2 Å². The van der Waals surface area contributed by atoms with E-state index in [0.717, 1.165) is 10.7 Å². The van der Waals surface area contributed by atoms with E-state index in [1.165, 1.54) is 12.1 Å². The summed E-state index contributed by atoms with van der Waals surface area (Å²) in [5.41, 5.74) is 0.555. The summed E-state index contributed by atoms with van der Waals surface area (Å²) in [5.74, 6) is -0.374. The largest absolute Gasteiger partial charge is 0.350 e. The van der Waals surface area contributed by atoms with Gasteiger partial charge in [0.2, 0.25) is 5.91 Å². The third kappa shape index (κ3) is 5.02. The van der Waals surface area contributed by atoms with Crippen molar-refractivity contribution in [2.45, 2.75) is 44.6 Å². The predicted octanol–water partition coefficient (Wildman–Crippen LogP) is 4.15. The minimum absolute atomic E-state index is 0.118. The molecule has 2 rings (SSSR count). The average molecular weight is 409 g/mol. The van der Waals surface area contributed by atoms with Crippen LogP contribution < -0.4 is 9.62 Å². The molecular formula is C20H25ClN2O3S. The van der Waals surface area contributed by atoms with E-state index < -0.39 is 15.6 Å². The van der Waals surface area contributed by atoms with Gasteiger partial charge >= 0.3 is 0 Å². The van der Waals surface area contributed by atoms with Crippen LogP contribution in [-0.4, -0.2) is 26.4 Å². The van der Waals surface area contributed by atoms with E-state index in [2.05, 4.69) is 5.32 Å². The topological polar surface area (TPSA) is 66.5 Å². The van der Waals surface area contributed by atoms with Crippen LogP contribution in [0.5, 0.6) is 0 Å². The van der Waals surface area contributed by atoms with Crippen molar-refractivity contribution in [1.29, 1.82) is 0 Å². The van der Waals surface area contributed by atoms with Crippen LogP contribution in [0.1, 0.15) is 32.8 Å². The molecule has 0 aliphatic rings. The molecule has 7 heteroatoms. The van der Waals surface area contributed by atoms with Gasteiger partial charge in [0.15, 0.2) is 0 Å². The van der Waals surface area contributed by atoms with Crippen LogP contribution in [0, 0.1) is 6.92 Å². The smallest absolute Gasteiger partial charge is 0.264 e. The number of nitrogens with one attached hydrogen (secondary N) is 1. The normalized spacial score (nSPS) is 11.9. The van der Waals surface area contributed by atoms with Crippen molar-refractivity contribution in [1.82, 2.24) is 5.32 Å². The molecule has 0 aromatic heterocycles. The minimum atomic E-state index is -3.94. The molecule has 0 radical (unpaired) electrons. The van der Waals surface area contributed by atoms with Crippen LogP contribution in [0.25, 0.3) is 0 Å². The average Bonchev–Trinajstić information content (AvgIpc) is 2.62. The summed E-state index contributed by atoms with van der Waals surface area (Å²) in [6.07, 6.45) is 0.723. The van der Waals surface area contributed by atoms with Crippen molar-refractivity contribution in [2.24, 2.45) is 0 Å². The molecule has 0 bridgehead atoms. The summed E-state index contributed by atoms with van der Waals surface area (Å²) < 4.78 is 27.7. The first kappa shape index (κ1) is 21.3. The lowest BCUT2D eigenvalue weighted by Gasteiger charge is -2.29. The number of benzene rings is 2. The van der Waals surface area contributed by atoms with Crippen LogP contribution in [0.4, 0.5) is 5.69 Å². The molecule has 0 atom stereocenters. The highest BCUT2D eigenvalue weighted by atomic mass is 35.5. The Morgan fingerprint density at radius 3 is 2.33 bits per heavy atom. The van der Waals surface area contributed by atoms with Crippen molar-refractivity contribution in [3.05, 3.63) is 59.1 Å². The van der Waals surface area contributed by atoms with E-state index >= 15 is 0 Å². The molecule has 1 N–H and O–H groups in total. The molecule has 1 amide bonds. The van der Waals surface area contributed by atoms with Crippen LogP contribution in [0.15, 0.2) is 53.4 Å². The number of carbonyl (C=O) groups is 1. The SMILES string of the molecule is CCC(C)(C)NC(=O)CN(c1cccc(Cl)c1C)S(=O)(=O)c1ccccc1. The standard InChI is InChI=1S/C20H25ClN2O3S/c1-5-20(3,4)22-19(24)14-23(18-13-9-12-17(21)15(18)2)27(25,26)16-10-7-6-8-11-16/h6-13H,5,14H2,1-4H3,(H,22,24). The van der Waals surface area contributed by atoms with E-state index in [1.807, 2.05) is 20.8 Å². The maximum Gasteiger partial charge on any atom is 0.264 e. The van der Waals surface area contributed by atoms with Gasteiger partial charge in [-0.25, -0.2) is 8.42 Å². The first-order valence-electron chi connectivity index (χ1n) is 8.72.